The van der Waals surface area contributed by atoms with Crippen LogP contribution < -0.4 is 10.5 Å². The normalized spacial score (nSPS) is 12.4. The van der Waals surface area contributed by atoms with Crippen molar-refractivity contribution in [3.05, 3.63) is 45.2 Å². The molecule has 0 saturated carbocycles. The molecule has 0 atom stereocenters. The van der Waals surface area contributed by atoms with Crippen LogP contribution in [0.5, 0.6) is 0 Å². The van der Waals surface area contributed by atoms with Gasteiger partial charge in [0.05, 0.1) is 3.79 Å². The molecule has 0 amide bonds. The third-order valence-corrected chi connectivity index (χ3v) is 6.63. The molecule has 4 N–H and O–H groups in total. The molecule has 1 aromatic carbocycles. The fourth-order valence-electron chi connectivity index (χ4n) is 1.54. The quantitative estimate of drug-likeness (QED) is 0.323. The Morgan fingerprint density at radius 3 is 2.48 bits per heavy atom. The van der Waals surface area contributed by atoms with Crippen LogP contribution in [0.4, 0.5) is 5.69 Å². The molecule has 1 heterocycles. The molecule has 2 aromatic rings. The molecule has 0 saturated heterocycles. The molecule has 0 fully saturated rings. The van der Waals surface area contributed by atoms with E-state index in [1.807, 2.05) is 6.92 Å². The zero-order valence-electron chi connectivity index (χ0n) is 10.9. The molecule has 21 heavy (non-hydrogen) atoms. The summed E-state index contributed by atoms with van der Waals surface area (Å²) in [6, 6.07) is 7.80. The van der Waals surface area contributed by atoms with Crippen LogP contribution in [-0.2, 0) is 10.0 Å². The number of nitrogens with two attached hydrogens (primary N) is 1. The molecule has 0 spiro atoms. The van der Waals surface area contributed by atoms with Gasteiger partial charge in [-0.3, -0.25) is 4.72 Å². The van der Waals surface area contributed by atoms with Crippen LogP contribution in [-0.4, -0.2) is 19.5 Å². The van der Waals surface area contributed by atoms with Gasteiger partial charge in [0.25, 0.3) is 10.0 Å². The summed E-state index contributed by atoms with van der Waals surface area (Å²) in [6.07, 6.45) is 0. The van der Waals surface area contributed by atoms with Crippen LogP contribution in [0.3, 0.4) is 0 Å². The van der Waals surface area contributed by atoms with Crippen molar-refractivity contribution in [3.63, 3.8) is 0 Å². The summed E-state index contributed by atoms with van der Waals surface area (Å²) in [5.41, 5.74) is 7.19. The lowest BCUT2D eigenvalue weighted by atomic mass is 10.2. The van der Waals surface area contributed by atoms with Gasteiger partial charge in [-0.2, -0.15) is 0 Å². The van der Waals surface area contributed by atoms with Crippen molar-refractivity contribution >= 4 is 48.8 Å². The second-order valence-corrected chi connectivity index (χ2v) is 8.47. The molecule has 112 valence electrons. The number of benzene rings is 1. The summed E-state index contributed by atoms with van der Waals surface area (Å²) in [4.78, 5) is 0. The lowest BCUT2D eigenvalue weighted by molar-refractivity contribution is 0.318. The number of amidine groups is 1. The minimum Gasteiger partial charge on any atom is -0.409 e. The lowest BCUT2D eigenvalue weighted by Crippen LogP contribution is -2.14. The molecule has 2 rings (SSSR count). The van der Waals surface area contributed by atoms with Gasteiger partial charge < -0.3 is 10.9 Å². The number of aryl methyl sites for hydroxylation is 1. The molecule has 9 heteroatoms. The number of hydrogen-bond donors (Lipinski definition) is 3. The molecule has 6 nitrogen and oxygen atoms in total. The Morgan fingerprint density at radius 1 is 1.38 bits per heavy atom. The van der Waals surface area contributed by atoms with Crippen molar-refractivity contribution in [3.8, 4) is 0 Å². The predicted octanol–water partition coefficient (Wildman–Crippen LogP) is 2.71. The average molecular weight is 390 g/mol. The third kappa shape index (κ3) is 3.55. The summed E-state index contributed by atoms with van der Waals surface area (Å²) in [6.45, 7) is 1.82. The average Bonchev–Trinajstić information content (AvgIpc) is 2.79. The van der Waals surface area contributed by atoms with Crippen molar-refractivity contribution < 1.29 is 13.6 Å². The molecular formula is C12H12BrN3O3S2. The van der Waals surface area contributed by atoms with Gasteiger partial charge in [-0.25, -0.2) is 8.42 Å². The van der Waals surface area contributed by atoms with Gasteiger partial charge in [-0.05, 0) is 58.7 Å². The standard InChI is InChI=1S/C12H12BrN3O3S2/c1-7-6-10(20-11(7)13)21(18,19)16-9-4-2-8(3-5-9)12(14)15-17/h2-6,16-17H,1H3,(H2,14,15). The Kier molecular flexibility index (Phi) is 4.55. The van der Waals surface area contributed by atoms with Crippen LogP contribution in [0.1, 0.15) is 11.1 Å². The first kappa shape index (κ1) is 15.8. The summed E-state index contributed by atoms with van der Waals surface area (Å²) in [5.74, 6) is -0.0396. The van der Waals surface area contributed by atoms with E-state index in [1.54, 1.807) is 30.3 Å². The fraction of sp³-hybridized carbons (Fsp3) is 0.0833. The highest BCUT2D eigenvalue weighted by atomic mass is 79.9. The SMILES string of the molecule is Cc1cc(S(=O)(=O)Nc2ccc(/C(N)=N/O)cc2)sc1Br. The van der Waals surface area contributed by atoms with Gasteiger partial charge in [-0.15, -0.1) is 11.3 Å². The highest BCUT2D eigenvalue weighted by molar-refractivity contribution is 9.11. The molecule has 0 aliphatic heterocycles. The number of oxime groups is 1. The monoisotopic (exact) mass is 389 g/mol. The molecule has 0 bridgehead atoms. The number of hydrogen-bond acceptors (Lipinski definition) is 5. The van der Waals surface area contributed by atoms with Gasteiger partial charge >= 0.3 is 0 Å². The smallest absolute Gasteiger partial charge is 0.271 e. The van der Waals surface area contributed by atoms with E-state index in [-0.39, 0.29) is 10.0 Å². The minimum atomic E-state index is -3.63. The Bertz CT molecular complexity index is 763. The maximum atomic E-state index is 12.2. The van der Waals surface area contributed by atoms with E-state index in [2.05, 4.69) is 25.8 Å². The largest absolute Gasteiger partial charge is 0.409 e. The Hall–Kier alpha value is -1.58. The van der Waals surface area contributed by atoms with E-state index in [4.69, 9.17) is 10.9 Å². The first-order valence-electron chi connectivity index (χ1n) is 5.70. The number of anilines is 1. The van der Waals surface area contributed by atoms with Crippen LogP contribution in [0, 0.1) is 6.92 Å². The van der Waals surface area contributed by atoms with Crippen LogP contribution in [0.15, 0.2) is 43.5 Å². The summed E-state index contributed by atoms with van der Waals surface area (Å²) >= 11 is 4.45. The van der Waals surface area contributed by atoms with E-state index < -0.39 is 10.0 Å². The zero-order valence-corrected chi connectivity index (χ0v) is 14.1. The Balaban J connectivity index is 2.25. The number of nitrogens with zero attached hydrogens (tertiary/aromatic N) is 1. The van der Waals surface area contributed by atoms with Gasteiger partial charge in [0.2, 0.25) is 0 Å². The third-order valence-electron chi connectivity index (χ3n) is 2.64. The highest BCUT2D eigenvalue weighted by Gasteiger charge is 2.18. The van der Waals surface area contributed by atoms with E-state index in [1.165, 1.54) is 0 Å². The maximum absolute atomic E-state index is 12.2. The van der Waals surface area contributed by atoms with Gasteiger partial charge in [0, 0.05) is 11.3 Å². The first-order chi connectivity index (χ1) is 9.83. The number of sulfonamides is 1. The van der Waals surface area contributed by atoms with E-state index in [9.17, 15) is 8.42 Å². The van der Waals surface area contributed by atoms with Crippen molar-refractivity contribution in [1.82, 2.24) is 0 Å². The minimum absolute atomic E-state index is 0.0396. The number of thiophene rings is 1. The molecule has 0 aliphatic rings. The van der Waals surface area contributed by atoms with Crippen LogP contribution in [0.2, 0.25) is 0 Å². The molecule has 0 unspecified atom stereocenters. The zero-order chi connectivity index (χ0) is 15.6. The molecule has 1 aromatic heterocycles. The van der Waals surface area contributed by atoms with Crippen molar-refractivity contribution in [2.24, 2.45) is 10.9 Å². The second kappa shape index (κ2) is 6.04. The number of halogens is 1. The second-order valence-electron chi connectivity index (χ2n) is 4.19. The molecule has 0 aliphatic carbocycles. The summed E-state index contributed by atoms with van der Waals surface area (Å²) in [5, 5.41) is 11.4. The van der Waals surface area contributed by atoms with E-state index >= 15 is 0 Å². The Morgan fingerprint density at radius 2 is 2.00 bits per heavy atom. The topological polar surface area (TPSA) is 105 Å². The van der Waals surface area contributed by atoms with Crippen molar-refractivity contribution in [1.29, 1.82) is 0 Å². The highest BCUT2D eigenvalue weighted by Crippen LogP contribution is 2.31. The lowest BCUT2D eigenvalue weighted by Gasteiger charge is -2.06. The number of nitrogens with one attached hydrogen (secondary N) is 1. The van der Waals surface area contributed by atoms with Crippen molar-refractivity contribution in [2.75, 3.05) is 4.72 Å². The maximum Gasteiger partial charge on any atom is 0.271 e. The van der Waals surface area contributed by atoms with Gasteiger partial charge in [-0.1, -0.05) is 5.16 Å². The van der Waals surface area contributed by atoms with Crippen LogP contribution >= 0.6 is 27.3 Å². The first-order valence-corrected chi connectivity index (χ1v) is 8.79. The molecular weight excluding hydrogens is 378 g/mol. The summed E-state index contributed by atoms with van der Waals surface area (Å²) < 4.78 is 28.0. The number of rotatable bonds is 4. The van der Waals surface area contributed by atoms with E-state index in [0.717, 1.165) is 20.7 Å². The molecule has 0 radical (unpaired) electrons. The predicted molar refractivity (Wildman–Crippen MR) is 86.5 cm³/mol. The van der Waals surface area contributed by atoms with Crippen LogP contribution in [0.25, 0.3) is 0 Å². The summed E-state index contributed by atoms with van der Waals surface area (Å²) in [7, 11) is -3.63. The van der Waals surface area contributed by atoms with E-state index in [0.29, 0.717) is 11.3 Å². The van der Waals surface area contributed by atoms with Gasteiger partial charge in [0.1, 0.15) is 4.21 Å². The van der Waals surface area contributed by atoms with Gasteiger partial charge in [0.15, 0.2) is 5.84 Å². The Labute approximate surface area is 134 Å². The van der Waals surface area contributed by atoms with Crippen molar-refractivity contribution in [2.45, 2.75) is 11.1 Å². The fourth-order valence-corrected chi connectivity index (χ4v) is 4.82.